The number of thioether (sulfide) groups is 1. The maximum atomic E-state index is 12.7. The van der Waals surface area contributed by atoms with E-state index in [9.17, 15) is 4.79 Å². The molecule has 1 unspecified atom stereocenters. The largest absolute Gasteiger partial charge is 0.361 e. The van der Waals surface area contributed by atoms with E-state index in [4.69, 9.17) is 10.8 Å². The number of aromatic nitrogens is 1. The number of aromatic amines is 1. The van der Waals surface area contributed by atoms with Gasteiger partial charge in [0.25, 0.3) is 5.91 Å². The van der Waals surface area contributed by atoms with Crippen LogP contribution < -0.4 is 5.32 Å². The minimum Gasteiger partial charge on any atom is -0.361 e. The standard InChI is InChI=1S/C23H34N6OS/c1-5-8-18(11-17-12-26-20-10-7-6-9-19(17)20)27-22(30)21(24)31-23(25)29-13-15(2)28(4)16(3)14-29/h6-7,9-10,12,15-16,18,24-26H,5,8,11,13-14H2,1-4H3,(H,27,30)/t15-,16+,18?. The maximum absolute atomic E-state index is 12.7. The second-order valence-electron chi connectivity index (χ2n) is 8.53. The molecule has 1 fully saturated rings. The van der Waals surface area contributed by atoms with Crippen LogP contribution in [0.25, 0.3) is 10.9 Å². The maximum Gasteiger partial charge on any atom is 0.276 e. The highest BCUT2D eigenvalue weighted by Crippen LogP contribution is 2.21. The minimum atomic E-state index is -0.400. The molecule has 1 saturated heterocycles. The fourth-order valence-electron chi connectivity index (χ4n) is 4.17. The van der Waals surface area contributed by atoms with Crippen molar-refractivity contribution in [2.75, 3.05) is 20.1 Å². The average Bonchev–Trinajstić information content (AvgIpc) is 3.14. The lowest BCUT2D eigenvalue weighted by molar-refractivity contribution is -0.115. The molecular formula is C23H34N6OS. The summed E-state index contributed by atoms with van der Waals surface area (Å²) in [4.78, 5) is 20.3. The van der Waals surface area contributed by atoms with Gasteiger partial charge in [0, 0.05) is 48.3 Å². The van der Waals surface area contributed by atoms with E-state index in [1.807, 2.05) is 29.3 Å². The van der Waals surface area contributed by atoms with E-state index in [-0.39, 0.29) is 16.3 Å². The topological polar surface area (TPSA) is 99.1 Å². The lowest BCUT2D eigenvalue weighted by Crippen LogP contribution is -2.56. The monoisotopic (exact) mass is 442 g/mol. The first-order valence-electron chi connectivity index (χ1n) is 11.0. The van der Waals surface area contributed by atoms with E-state index in [0.717, 1.165) is 43.2 Å². The fraction of sp³-hybridized carbons (Fsp3) is 0.522. The highest BCUT2D eigenvalue weighted by Gasteiger charge is 2.29. The smallest absolute Gasteiger partial charge is 0.276 e. The number of carbonyl (C=O) groups is 1. The highest BCUT2D eigenvalue weighted by atomic mass is 32.2. The molecule has 0 bridgehead atoms. The van der Waals surface area contributed by atoms with Crippen LogP contribution in [-0.2, 0) is 11.2 Å². The Kier molecular flexibility index (Phi) is 7.78. The van der Waals surface area contributed by atoms with E-state index < -0.39 is 5.91 Å². The van der Waals surface area contributed by atoms with Crippen LogP contribution in [0.3, 0.4) is 0 Å². The Bertz CT molecular complexity index is 929. The van der Waals surface area contributed by atoms with Gasteiger partial charge in [0.05, 0.1) is 0 Å². The molecule has 1 aromatic heterocycles. The number of hydrogen-bond donors (Lipinski definition) is 4. The molecule has 1 aromatic carbocycles. The average molecular weight is 443 g/mol. The van der Waals surface area contributed by atoms with Crippen LogP contribution in [0, 0.1) is 10.8 Å². The van der Waals surface area contributed by atoms with Crippen LogP contribution >= 0.6 is 11.8 Å². The summed E-state index contributed by atoms with van der Waals surface area (Å²) >= 11 is 0.946. The number of rotatable bonds is 5. The van der Waals surface area contributed by atoms with Gasteiger partial charge in [0.15, 0.2) is 10.2 Å². The number of nitrogens with zero attached hydrogens (tertiary/aromatic N) is 2. The number of hydrogen-bond acceptors (Lipinski definition) is 5. The molecule has 8 heteroatoms. The molecule has 1 amide bonds. The molecule has 168 valence electrons. The number of fused-ring (bicyclic) bond motifs is 1. The van der Waals surface area contributed by atoms with Crippen molar-refractivity contribution in [1.29, 1.82) is 10.8 Å². The Morgan fingerprint density at radius 3 is 2.61 bits per heavy atom. The number of amides is 1. The zero-order valence-corrected chi connectivity index (χ0v) is 19.7. The van der Waals surface area contributed by atoms with Crippen LogP contribution in [0.2, 0.25) is 0 Å². The number of nitrogens with one attached hydrogen (secondary N) is 4. The Balaban J connectivity index is 1.58. The van der Waals surface area contributed by atoms with Gasteiger partial charge in [-0.05, 0) is 57.1 Å². The first-order valence-corrected chi connectivity index (χ1v) is 11.8. The molecule has 1 aliphatic heterocycles. The molecule has 4 N–H and O–H groups in total. The highest BCUT2D eigenvalue weighted by molar-refractivity contribution is 8.27. The van der Waals surface area contributed by atoms with E-state index >= 15 is 0 Å². The molecular weight excluding hydrogens is 408 g/mol. The lowest BCUT2D eigenvalue weighted by Gasteiger charge is -2.43. The number of piperazine rings is 1. The zero-order valence-electron chi connectivity index (χ0n) is 18.9. The molecule has 2 heterocycles. The van der Waals surface area contributed by atoms with E-state index in [0.29, 0.717) is 18.5 Å². The van der Waals surface area contributed by atoms with Crippen molar-refractivity contribution in [3.05, 3.63) is 36.0 Å². The van der Waals surface area contributed by atoms with Crippen LogP contribution in [0.1, 0.15) is 39.2 Å². The summed E-state index contributed by atoms with van der Waals surface area (Å²) in [5.74, 6) is -0.400. The van der Waals surface area contributed by atoms with Crippen LogP contribution in [0.15, 0.2) is 30.5 Å². The van der Waals surface area contributed by atoms with Gasteiger partial charge in [-0.15, -0.1) is 0 Å². The first-order chi connectivity index (χ1) is 14.8. The fourth-order valence-corrected chi connectivity index (χ4v) is 4.79. The Labute approximate surface area is 189 Å². The van der Waals surface area contributed by atoms with Gasteiger partial charge < -0.3 is 15.2 Å². The van der Waals surface area contributed by atoms with Gasteiger partial charge in [-0.2, -0.15) is 0 Å². The lowest BCUT2D eigenvalue weighted by atomic mass is 10.0. The number of amidine groups is 1. The predicted molar refractivity (Wildman–Crippen MR) is 130 cm³/mol. The third-order valence-electron chi connectivity index (χ3n) is 6.17. The van der Waals surface area contributed by atoms with Crippen molar-refractivity contribution >= 4 is 38.8 Å². The van der Waals surface area contributed by atoms with E-state index in [2.05, 4.69) is 49.1 Å². The zero-order chi connectivity index (χ0) is 22.5. The van der Waals surface area contributed by atoms with Crippen molar-refractivity contribution < 1.29 is 4.79 Å². The van der Waals surface area contributed by atoms with Crippen molar-refractivity contribution in [3.63, 3.8) is 0 Å². The molecule has 3 rings (SSSR count). The normalized spacial score (nSPS) is 20.6. The quantitative estimate of drug-likeness (QED) is 0.419. The molecule has 2 aromatic rings. The minimum absolute atomic E-state index is 0.0458. The molecule has 0 radical (unpaired) electrons. The Hall–Kier alpha value is -2.32. The van der Waals surface area contributed by atoms with Crippen molar-refractivity contribution in [1.82, 2.24) is 20.1 Å². The predicted octanol–water partition coefficient (Wildman–Crippen LogP) is 3.66. The summed E-state index contributed by atoms with van der Waals surface area (Å²) < 4.78 is 0. The first kappa shape index (κ1) is 23.3. The van der Waals surface area contributed by atoms with Gasteiger partial charge >= 0.3 is 0 Å². The molecule has 31 heavy (non-hydrogen) atoms. The van der Waals surface area contributed by atoms with Crippen molar-refractivity contribution in [2.24, 2.45) is 0 Å². The molecule has 0 spiro atoms. The second-order valence-corrected chi connectivity index (χ2v) is 9.53. The van der Waals surface area contributed by atoms with Gasteiger partial charge in [0.1, 0.15) is 0 Å². The Morgan fingerprint density at radius 1 is 1.26 bits per heavy atom. The molecule has 1 aliphatic rings. The summed E-state index contributed by atoms with van der Waals surface area (Å²) in [6, 6.07) is 8.77. The van der Waals surface area contributed by atoms with Gasteiger partial charge in [0.2, 0.25) is 0 Å². The Morgan fingerprint density at radius 2 is 1.94 bits per heavy atom. The van der Waals surface area contributed by atoms with E-state index in [1.54, 1.807) is 0 Å². The van der Waals surface area contributed by atoms with Crippen LogP contribution in [0.4, 0.5) is 0 Å². The van der Waals surface area contributed by atoms with E-state index in [1.165, 1.54) is 10.9 Å². The molecule has 0 saturated carbocycles. The number of para-hydroxylation sites is 1. The summed E-state index contributed by atoms with van der Waals surface area (Å²) in [7, 11) is 2.10. The van der Waals surface area contributed by atoms with Crippen molar-refractivity contribution in [3.8, 4) is 0 Å². The molecule has 3 atom stereocenters. The summed E-state index contributed by atoms with van der Waals surface area (Å²) in [6.07, 6.45) is 4.51. The van der Waals surface area contributed by atoms with Crippen molar-refractivity contribution in [2.45, 2.75) is 58.2 Å². The SMILES string of the molecule is CCCC(Cc1c[nH]c2ccccc12)NC(=O)C(=N)SC(=N)N1C[C@@H](C)N(C)[C@@H](C)C1. The number of H-pyrrole nitrogens is 1. The molecule has 0 aliphatic carbocycles. The van der Waals surface area contributed by atoms with Crippen LogP contribution in [-0.4, -0.2) is 69.2 Å². The van der Waals surface area contributed by atoms with Crippen LogP contribution in [0.5, 0.6) is 0 Å². The number of carbonyl (C=O) groups excluding carboxylic acids is 1. The van der Waals surface area contributed by atoms with Gasteiger partial charge in [-0.3, -0.25) is 20.5 Å². The summed E-state index contributed by atoms with van der Waals surface area (Å²) in [5.41, 5.74) is 2.26. The molecule has 7 nitrogen and oxygen atoms in total. The van der Waals surface area contributed by atoms with Gasteiger partial charge in [-0.1, -0.05) is 31.5 Å². The number of benzene rings is 1. The third kappa shape index (κ3) is 5.68. The summed E-state index contributed by atoms with van der Waals surface area (Å²) in [6.45, 7) is 7.85. The second kappa shape index (κ2) is 10.3. The number of likely N-dealkylation sites (N-methyl/N-ethyl adjacent to an activating group) is 1. The van der Waals surface area contributed by atoms with Gasteiger partial charge in [-0.25, -0.2) is 0 Å². The third-order valence-corrected chi connectivity index (χ3v) is 7.01. The summed E-state index contributed by atoms with van der Waals surface area (Å²) in [5, 5.41) is 21.0.